The summed E-state index contributed by atoms with van der Waals surface area (Å²) in [6, 6.07) is 6.94. The van der Waals surface area contributed by atoms with Crippen LogP contribution in [0.5, 0.6) is 0 Å². The summed E-state index contributed by atoms with van der Waals surface area (Å²) in [5.41, 5.74) is 1.12. The van der Waals surface area contributed by atoms with E-state index in [-0.39, 0.29) is 34.2 Å². The Hall–Kier alpha value is -1.03. The van der Waals surface area contributed by atoms with E-state index in [1.807, 2.05) is 19.1 Å². The van der Waals surface area contributed by atoms with Crippen molar-refractivity contribution in [3.8, 4) is 0 Å². The van der Waals surface area contributed by atoms with Crippen LogP contribution in [0.2, 0.25) is 0 Å². The van der Waals surface area contributed by atoms with Gasteiger partial charge in [-0.1, -0.05) is 31.5 Å². The van der Waals surface area contributed by atoms with Crippen LogP contribution in [0, 0.1) is 47.3 Å². The van der Waals surface area contributed by atoms with Crippen LogP contribution < -0.4 is 0 Å². The lowest BCUT2D eigenvalue weighted by molar-refractivity contribution is -0.265. The molecule has 6 fully saturated rings. The predicted octanol–water partition coefficient (Wildman–Crippen LogP) is 5.46. The van der Waals surface area contributed by atoms with Gasteiger partial charge in [-0.3, -0.25) is 4.18 Å². The molecule has 39 heavy (non-hydrogen) atoms. The van der Waals surface area contributed by atoms with Crippen molar-refractivity contribution < 1.29 is 31.5 Å². The first kappa shape index (κ1) is 26.8. The standard InChI is InChI=1S/C31H44O7S/c1-21-4-6-23(7-5-21)39(32,33)38-20-22-18-24-25(28(2)12-13-30(19-27(22)28)34-14-15-35-30)8-10-29(3)26(24)9-11-31(29)36-16-17-37-31/h4-7,22,24-27H,8-20H2,1-3H3/t22-,24-,25+,26+,27?,28-,29+/m1/s1. The molecule has 1 unspecified atom stereocenters. The number of ether oxygens (including phenoxy) is 4. The highest BCUT2D eigenvalue weighted by Gasteiger charge is 2.69. The second-order valence-electron chi connectivity index (χ2n) is 13.8. The molecule has 6 aliphatic rings. The largest absolute Gasteiger partial charge is 0.348 e. The molecular formula is C31H44O7S. The third-order valence-corrected chi connectivity index (χ3v) is 13.5. The summed E-state index contributed by atoms with van der Waals surface area (Å²) in [6.07, 6.45) is 8.13. The third-order valence-electron chi connectivity index (χ3n) is 12.2. The van der Waals surface area contributed by atoms with Gasteiger partial charge in [0.1, 0.15) is 0 Å². The van der Waals surface area contributed by atoms with Crippen LogP contribution in [0.25, 0.3) is 0 Å². The summed E-state index contributed by atoms with van der Waals surface area (Å²) in [4.78, 5) is 0.227. The molecule has 2 spiro atoms. The summed E-state index contributed by atoms with van der Waals surface area (Å²) < 4.78 is 57.6. The molecule has 1 aromatic rings. The monoisotopic (exact) mass is 560 g/mol. The van der Waals surface area contributed by atoms with E-state index in [1.165, 1.54) is 6.42 Å². The van der Waals surface area contributed by atoms with Gasteiger partial charge in [0.25, 0.3) is 10.1 Å². The normalized spacial score (nSPS) is 42.4. The van der Waals surface area contributed by atoms with Crippen molar-refractivity contribution in [3.63, 3.8) is 0 Å². The SMILES string of the molecule is Cc1ccc(S(=O)(=O)OC[C@H]2C[C@@H]3[C@H](CC[C@@]4(C)[C@H]3CCC43OCCO3)[C@@]3(C)CCC4(CC23)OCCO4)cc1. The third kappa shape index (κ3) is 4.03. The van der Waals surface area contributed by atoms with E-state index in [0.29, 0.717) is 44.2 Å². The molecule has 0 N–H and O–H groups in total. The molecule has 0 amide bonds. The van der Waals surface area contributed by atoms with Gasteiger partial charge in [-0.05, 0) is 86.2 Å². The molecule has 1 aromatic carbocycles. The van der Waals surface area contributed by atoms with Gasteiger partial charge < -0.3 is 18.9 Å². The van der Waals surface area contributed by atoms with Crippen molar-refractivity contribution in [2.75, 3.05) is 33.0 Å². The van der Waals surface area contributed by atoms with Crippen LogP contribution in [0.15, 0.2) is 29.2 Å². The van der Waals surface area contributed by atoms with Gasteiger partial charge >= 0.3 is 0 Å². The highest BCUT2D eigenvalue weighted by molar-refractivity contribution is 7.86. The predicted molar refractivity (Wildman–Crippen MR) is 144 cm³/mol. The molecule has 4 saturated carbocycles. The van der Waals surface area contributed by atoms with Gasteiger partial charge in [0.2, 0.25) is 0 Å². The fourth-order valence-corrected chi connectivity index (χ4v) is 11.2. The molecule has 7 nitrogen and oxygen atoms in total. The van der Waals surface area contributed by atoms with Gasteiger partial charge in [0.15, 0.2) is 11.6 Å². The van der Waals surface area contributed by atoms with Crippen LogP contribution in [-0.2, 0) is 33.2 Å². The Morgan fingerprint density at radius 3 is 2.23 bits per heavy atom. The molecule has 2 aliphatic heterocycles. The Labute approximate surface area is 233 Å². The Balaban J connectivity index is 1.20. The number of rotatable bonds is 4. The lowest BCUT2D eigenvalue weighted by Crippen LogP contribution is -2.61. The minimum atomic E-state index is -3.84. The molecule has 8 heteroatoms. The van der Waals surface area contributed by atoms with Crippen LogP contribution in [-0.4, -0.2) is 53.0 Å². The molecule has 0 bridgehead atoms. The Morgan fingerprint density at radius 2 is 1.51 bits per heavy atom. The number of hydrogen-bond donors (Lipinski definition) is 0. The molecule has 7 rings (SSSR count). The summed E-state index contributed by atoms with van der Waals surface area (Å²) in [6.45, 7) is 9.70. The van der Waals surface area contributed by atoms with Crippen LogP contribution >= 0.6 is 0 Å². The summed E-state index contributed by atoms with van der Waals surface area (Å²) >= 11 is 0. The van der Waals surface area contributed by atoms with Crippen molar-refractivity contribution in [3.05, 3.63) is 29.8 Å². The average Bonchev–Trinajstić information content (AvgIpc) is 3.65. The van der Waals surface area contributed by atoms with Crippen molar-refractivity contribution >= 4 is 10.1 Å². The highest BCUT2D eigenvalue weighted by atomic mass is 32.2. The Kier molecular flexibility index (Phi) is 6.36. The zero-order valence-electron chi connectivity index (χ0n) is 23.7. The number of aryl methyl sites for hydroxylation is 1. The maximum Gasteiger partial charge on any atom is 0.296 e. The molecule has 216 valence electrons. The van der Waals surface area contributed by atoms with E-state index in [1.54, 1.807) is 12.1 Å². The first-order valence-corrected chi connectivity index (χ1v) is 16.5. The van der Waals surface area contributed by atoms with E-state index >= 15 is 0 Å². The van der Waals surface area contributed by atoms with Crippen molar-refractivity contribution in [1.29, 1.82) is 0 Å². The number of fused-ring (bicyclic) bond motifs is 6. The quantitative estimate of drug-likeness (QED) is 0.453. The zero-order chi connectivity index (χ0) is 27.1. The molecular weight excluding hydrogens is 516 g/mol. The van der Waals surface area contributed by atoms with Crippen molar-refractivity contribution in [2.24, 2.45) is 40.4 Å². The van der Waals surface area contributed by atoms with E-state index < -0.39 is 21.7 Å². The summed E-state index contributed by atoms with van der Waals surface area (Å²) in [5.74, 6) is 1.07. The van der Waals surface area contributed by atoms with Crippen molar-refractivity contribution in [1.82, 2.24) is 0 Å². The number of hydrogen-bond acceptors (Lipinski definition) is 7. The summed E-state index contributed by atoms with van der Waals surface area (Å²) in [7, 11) is -3.84. The second kappa shape index (κ2) is 9.23. The van der Waals surface area contributed by atoms with Crippen LogP contribution in [0.1, 0.15) is 70.8 Å². The van der Waals surface area contributed by atoms with Gasteiger partial charge in [-0.2, -0.15) is 8.42 Å². The van der Waals surface area contributed by atoms with Crippen LogP contribution in [0.3, 0.4) is 0 Å². The highest BCUT2D eigenvalue weighted by Crippen LogP contribution is 2.71. The van der Waals surface area contributed by atoms with E-state index in [0.717, 1.165) is 50.5 Å². The lowest BCUT2D eigenvalue weighted by atomic mass is 9.42. The van der Waals surface area contributed by atoms with Gasteiger partial charge in [0, 0.05) is 24.7 Å². The Morgan fingerprint density at radius 1 is 0.846 bits per heavy atom. The first-order valence-electron chi connectivity index (χ1n) is 15.1. The molecule has 2 heterocycles. The van der Waals surface area contributed by atoms with E-state index in [9.17, 15) is 8.42 Å². The van der Waals surface area contributed by atoms with Gasteiger partial charge in [0.05, 0.1) is 37.9 Å². The van der Waals surface area contributed by atoms with Crippen LogP contribution in [0.4, 0.5) is 0 Å². The maximum absolute atomic E-state index is 13.3. The molecule has 2 saturated heterocycles. The zero-order valence-corrected chi connectivity index (χ0v) is 24.5. The van der Waals surface area contributed by atoms with E-state index in [2.05, 4.69) is 13.8 Å². The number of benzene rings is 1. The molecule has 0 aromatic heterocycles. The first-order chi connectivity index (χ1) is 18.6. The van der Waals surface area contributed by atoms with Gasteiger partial charge in [-0.25, -0.2) is 0 Å². The maximum atomic E-state index is 13.3. The Bertz CT molecular complexity index is 1190. The fraction of sp³-hybridized carbons (Fsp3) is 0.806. The minimum Gasteiger partial charge on any atom is -0.348 e. The molecule has 4 aliphatic carbocycles. The summed E-state index contributed by atoms with van der Waals surface area (Å²) in [5, 5.41) is 0. The fourth-order valence-electron chi connectivity index (χ4n) is 10.2. The van der Waals surface area contributed by atoms with Gasteiger partial charge in [-0.15, -0.1) is 0 Å². The second-order valence-corrected chi connectivity index (χ2v) is 15.4. The average molecular weight is 561 g/mol. The minimum absolute atomic E-state index is 0.000803. The topological polar surface area (TPSA) is 80.3 Å². The smallest absolute Gasteiger partial charge is 0.296 e. The molecule has 7 atom stereocenters. The molecule has 0 radical (unpaired) electrons. The van der Waals surface area contributed by atoms with Crippen molar-refractivity contribution in [2.45, 2.75) is 88.6 Å². The lowest BCUT2D eigenvalue weighted by Gasteiger charge is -2.64. The van der Waals surface area contributed by atoms with E-state index in [4.69, 9.17) is 23.1 Å².